The molecular formula is C15H22N2. The Balaban J connectivity index is 1.79. The van der Waals surface area contributed by atoms with Crippen LogP contribution in [0, 0.1) is 6.92 Å². The predicted octanol–water partition coefficient (Wildman–Crippen LogP) is 2.67. The first-order chi connectivity index (χ1) is 8.24. The standard InChI is InChI=1S/C15H22N2/c1-12-3-5-14(6-4-12)17-10-9-13-7-8-15(11-17)16(13)2/h3-6,13,15H,7-11H2,1-2H3. The molecule has 0 amide bonds. The van der Waals surface area contributed by atoms with Gasteiger partial charge in [-0.2, -0.15) is 0 Å². The summed E-state index contributed by atoms with van der Waals surface area (Å²) in [4.78, 5) is 5.17. The average molecular weight is 230 g/mol. The topological polar surface area (TPSA) is 6.48 Å². The Labute approximate surface area is 104 Å². The summed E-state index contributed by atoms with van der Waals surface area (Å²) >= 11 is 0. The Morgan fingerprint density at radius 1 is 1.00 bits per heavy atom. The highest BCUT2D eigenvalue weighted by Crippen LogP contribution is 2.30. The second kappa shape index (κ2) is 4.34. The molecule has 2 unspecified atom stereocenters. The van der Waals surface area contributed by atoms with E-state index in [9.17, 15) is 0 Å². The van der Waals surface area contributed by atoms with Crippen LogP contribution in [0.5, 0.6) is 0 Å². The van der Waals surface area contributed by atoms with Crippen molar-refractivity contribution in [2.75, 3.05) is 25.0 Å². The lowest BCUT2D eigenvalue weighted by molar-refractivity contribution is 0.254. The Bertz CT molecular complexity index is 384. The molecule has 0 aromatic heterocycles. The molecule has 0 saturated carbocycles. The van der Waals surface area contributed by atoms with E-state index >= 15 is 0 Å². The molecule has 0 spiro atoms. The molecule has 2 bridgehead atoms. The van der Waals surface area contributed by atoms with Gasteiger partial charge in [0.2, 0.25) is 0 Å². The number of rotatable bonds is 1. The van der Waals surface area contributed by atoms with E-state index in [1.807, 2.05) is 0 Å². The Morgan fingerprint density at radius 3 is 2.47 bits per heavy atom. The van der Waals surface area contributed by atoms with Gasteiger partial charge < -0.3 is 4.90 Å². The molecule has 2 heteroatoms. The summed E-state index contributed by atoms with van der Waals surface area (Å²) in [5.41, 5.74) is 2.75. The Hall–Kier alpha value is -1.02. The number of aryl methyl sites for hydroxylation is 1. The lowest BCUT2D eigenvalue weighted by atomic mass is 10.1. The van der Waals surface area contributed by atoms with Gasteiger partial charge in [-0.15, -0.1) is 0 Å². The number of benzene rings is 1. The molecule has 0 aliphatic carbocycles. The van der Waals surface area contributed by atoms with Gasteiger partial charge >= 0.3 is 0 Å². The summed E-state index contributed by atoms with van der Waals surface area (Å²) in [5.74, 6) is 0. The fourth-order valence-corrected chi connectivity index (χ4v) is 3.30. The SMILES string of the molecule is Cc1ccc(N2CCC3CCC(C2)N3C)cc1. The van der Waals surface area contributed by atoms with Gasteiger partial charge in [0, 0.05) is 30.9 Å². The highest BCUT2D eigenvalue weighted by atomic mass is 15.3. The van der Waals surface area contributed by atoms with Crippen LogP contribution in [0.2, 0.25) is 0 Å². The zero-order valence-corrected chi connectivity index (χ0v) is 10.9. The number of nitrogens with zero attached hydrogens (tertiary/aromatic N) is 2. The lowest BCUT2D eigenvalue weighted by Gasteiger charge is -2.27. The maximum atomic E-state index is 2.61. The molecule has 2 nitrogen and oxygen atoms in total. The third-order valence-corrected chi connectivity index (χ3v) is 4.55. The minimum atomic E-state index is 0.767. The molecule has 3 rings (SSSR count). The second-order valence-corrected chi connectivity index (χ2v) is 5.62. The van der Waals surface area contributed by atoms with E-state index in [1.165, 1.54) is 43.6 Å². The van der Waals surface area contributed by atoms with Gasteiger partial charge in [-0.1, -0.05) is 17.7 Å². The third-order valence-electron chi connectivity index (χ3n) is 4.55. The van der Waals surface area contributed by atoms with Crippen molar-refractivity contribution in [2.24, 2.45) is 0 Å². The zero-order chi connectivity index (χ0) is 11.8. The molecule has 2 saturated heterocycles. The van der Waals surface area contributed by atoms with Gasteiger partial charge in [0.1, 0.15) is 0 Å². The maximum Gasteiger partial charge on any atom is 0.0366 e. The van der Waals surface area contributed by atoms with Crippen LogP contribution in [0.15, 0.2) is 24.3 Å². The van der Waals surface area contributed by atoms with E-state index in [0.717, 1.165) is 12.1 Å². The molecule has 2 heterocycles. The highest BCUT2D eigenvalue weighted by molar-refractivity contribution is 5.48. The van der Waals surface area contributed by atoms with E-state index in [0.29, 0.717) is 0 Å². The molecular weight excluding hydrogens is 208 g/mol. The quantitative estimate of drug-likeness (QED) is 0.732. The molecule has 92 valence electrons. The fraction of sp³-hybridized carbons (Fsp3) is 0.600. The van der Waals surface area contributed by atoms with E-state index in [-0.39, 0.29) is 0 Å². The van der Waals surface area contributed by atoms with E-state index in [2.05, 4.69) is 48.0 Å². The summed E-state index contributed by atoms with van der Waals surface area (Å²) < 4.78 is 0. The summed E-state index contributed by atoms with van der Waals surface area (Å²) in [7, 11) is 2.31. The van der Waals surface area contributed by atoms with Gasteiger partial charge in [-0.25, -0.2) is 0 Å². The van der Waals surface area contributed by atoms with Gasteiger partial charge in [0.15, 0.2) is 0 Å². The van der Waals surface area contributed by atoms with E-state index < -0.39 is 0 Å². The molecule has 0 radical (unpaired) electrons. The van der Waals surface area contributed by atoms with Crippen molar-refractivity contribution in [3.05, 3.63) is 29.8 Å². The minimum absolute atomic E-state index is 0.767. The fourth-order valence-electron chi connectivity index (χ4n) is 3.30. The molecule has 17 heavy (non-hydrogen) atoms. The average Bonchev–Trinajstić information content (AvgIpc) is 2.55. The molecule has 2 aliphatic rings. The predicted molar refractivity (Wildman–Crippen MR) is 72.6 cm³/mol. The maximum absolute atomic E-state index is 2.61. The van der Waals surface area contributed by atoms with Crippen molar-refractivity contribution >= 4 is 5.69 Å². The van der Waals surface area contributed by atoms with Crippen molar-refractivity contribution in [3.63, 3.8) is 0 Å². The van der Waals surface area contributed by atoms with Crippen molar-refractivity contribution in [1.29, 1.82) is 0 Å². The van der Waals surface area contributed by atoms with Gasteiger partial charge in [-0.3, -0.25) is 4.90 Å². The lowest BCUT2D eigenvalue weighted by Crippen LogP contribution is -2.36. The van der Waals surface area contributed by atoms with Gasteiger partial charge in [0.05, 0.1) is 0 Å². The first-order valence-electron chi connectivity index (χ1n) is 6.77. The molecule has 2 atom stereocenters. The smallest absolute Gasteiger partial charge is 0.0366 e. The van der Waals surface area contributed by atoms with Gasteiger partial charge in [0.25, 0.3) is 0 Å². The normalized spacial score (nSPS) is 29.4. The number of hydrogen-bond acceptors (Lipinski definition) is 2. The molecule has 1 aromatic rings. The van der Waals surface area contributed by atoms with Crippen LogP contribution in [-0.2, 0) is 0 Å². The minimum Gasteiger partial charge on any atom is -0.370 e. The van der Waals surface area contributed by atoms with Crippen LogP contribution >= 0.6 is 0 Å². The summed E-state index contributed by atoms with van der Waals surface area (Å²) in [6.45, 7) is 4.58. The molecule has 0 N–H and O–H groups in total. The largest absolute Gasteiger partial charge is 0.370 e. The summed E-state index contributed by atoms with van der Waals surface area (Å²) in [6.07, 6.45) is 4.10. The summed E-state index contributed by atoms with van der Waals surface area (Å²) in [5, 5.41) is 0. The van der Waals surface area contributed by atoms with Crippen molar-refractivity contribution in [1.82, 2.24) is 4.90 Å². The van der Waals surface area contributed by atoms with Crippen LogP contribution in [0.3, 0.4) is 0 Å². The van der Waals surface area contributed by atoms with E-state index in [1.54, 1.807) is 0 Å². The summed E-state index contributed by atoms with van der Waals surface area (Å²) in [6, 6.07) is 10.6. The van der Waals surface area contributed by atoms with Crippen LogP contribution in [0.25, 0.3) is 0 Å². The zero-order valence-electron chi connectivity index (χ0n) is 10.9. The van der Waals surface area contributed by atoms with Crippen LogP contribution in [0.4, 0.5) is 5.69 Å². The van der Waals surface area contributed by atoms with Crippen LogP contribution < -0.4 is 4.90 Å². The highest BCUT2D eigenvalue weighted by Gasteiger charge is 2.34. The van der Waals surface area contributed by atoms with E-state index in [4.69, 9.17) is 0 Å². The monoisotopic (exact) mass is 230 g/mol. The second-order valence-electron chi connectivity index (χ2n) is 5.62. The van der Waals surface area contributed by atoms with Crippen LogP contribution in [0.1, 0.15) is 24.8 Å². The third kappa shape index (κ3) is 2.06. The first kappa shape index (κ1) is 11.1. The number of likely N-dealkylation sites (N-methyl/N-ethyl adjacent to an activating group) is 1. The van der Waals surface area contributed by atoms with Crippen molar-refractivity contribution in [2.45, 2.75) is 38.3 Å². The van der Waals surface area contributed by atoms with Crippen molar-refractivity contribution < 1.29 is 0 Å². The number of hydrogen-bond donors (Lipinski definition) is 0. The van der Waals surface area contributed by atoms with Crippen LogP contribution in [-0.4, -0.2) is 37.1 Å². The van der Waals surface area contributed by atoms with Gasteiger partial charge in [-0.05, 0) is 45.4 Å². The molecule has 2 fully saturated rings. The Morgan fingerprint density at radius 2 is 1.71 bits per heavy atom. The Kier molecular flexibility index (Phi) is 2.83. The van der Waals surface area contributed by atoms with Crippen molar-refractivity contribution in [3.8, 4) is 0 Å². The molecule has 2 aliphatic heterocycles. The molecule has 1 aromatic carbocycles. The number of anilines is 1. The number of fused-ring (bicyclic) bond motifs is 2. The first-order valence-corrected chi connectivity index (χ1v) is 6.77.